The maximum Gasteiger partial charge on any atom is 0.249 e. The average molecular weight is 179 g/mol. The molecule has 6 N–H and O–H groups in total. The fourth-order valence-electron chi connectivity index (χ4n) is 1.03. The van der Waals surface area contributed by atoms with Crippen LogP contribution in [-0.2, 0) is 0 Å². The van der Waals surface area contributed by atoms with E-state index in [9.17, 15) is 9.90 Å². The van der Waals surface area contributed by atoms with E-state index >= 15 is 0 Å². The Balaban J connectivity index is 3.43. The number of aromatic hydroxyl groups is 1. The lowest BCUT2D eigenvalue weighted by Crippen LogP contribution is -2.20. The summed E-state index contributed by atoms with van der Waals surface area (Å²) < 4.78 is 0. The van der Waals surface area contributed by atoms with E-state index in [1.165, 1.54) is 18.2 Å². The molecule has 0 bridgehead atoms. The number of carbonyl (C=O) groups is 1. The second kappa shape index (κ2) is 3.14. The van der Waals surface area contributed by atoms with Gasteiger partial charge in [-0.25, -0.2) is 0 Å². The highest BCUT2D eigenvalue weighted by molar-refractivity contribution is 6.08. The first-order valence-corrected chi connectivity index (χ1v) is 3.50. The lowest BCUT2D eigenvalue weighted by Gasteiger charge is -2.06. The van der Waals surface area contributed by atoms with Crippen molar-refractivity contribution in [2.24, 2.45) is 11.5 Å². The lowest BCUT2D eigenvalue weighted by molar-refractivity contribution is 0.0999. The zero-order valence-corrected chi connectivity index (χ0v) is 6.74. The van der Waals surface area contributed by atoms with Crippen LogP contribution in [0.5, 0.6) is 5.75 Å². The molecule has 1 aromatic carbocycles. The number of hydrogen-bond donors (Lipinski definition) is 4. The van der Waals surface area contributed by atoms with E-state index in [0.717, 1.165) is 0 Å². The van der Waals surface area contributed by atoms with Gasteiger partial charge in [-0.2, -0.15) is 0 Å². The topological polar surface area (TPSA) is 113 Å². The molecule has 1 amide bonds. The number of phenols is 1. The van der Waals surface area contributed by atoms with Crippen LogP contribution < -0.4 is 11.5 Å². The van der Waals surface area contributed by atoms with Crippen LogP contribution in [0.25, 0.3) is 0 Å². The SMILES string of the molecule is N=C(N)c1c(O)cccc1C(N)=O. The molecule has 0 fully saturated rings. The fourth-order valence-corrected chi connectivity index (χ4v) is 1.03. The van der Waals surface area contributed by atoms with Crippen LogP contribution in [0.3, 0.4) is 0 Å². The highest BCUT2D eigenvalue weighted by atomic mass is 16.3. The van der Waals surface area contributed by atoms with E-state index in [2.05, 4.69) is 0 Å². The third-order valence-electron chi connectivity index (χ3n) is 1.58. The van der Waals surface area contributed by atoms with Crippen molar-refractivity contribution >= 4 is 11.7 Å². The number of nitrogens with one attached hydrogen (secondary N) is 1. The second-order valence-electron chi connectivity index (χ2n) is 2.48. The molecule has 0 aliphatic heterocycles. The molecule has 0 unspecified atom stereocenters. The number of amides is 1. The summed E-state index contributed by atoms with van der Waals surface area (Å²) in [5.74, 6) is -1.32. The summed E-state index contributed by atoms with van der Waals surface area (Å²) in [6, 6.07) is 4.20. The van der Waals surface area contributed by atoms with Gasteiger partial charge in [-0.1, -0.05) is 6.07 Å². The van der Waals surface area contributed by atoms with Gasteiger partial charge >= 0.3 is 0 Å². The van der Waals surface area contributed by atoms with Gasteiger partial charge in [0, 0.05) is 0 Å². The highest BCUT2D eigenvalue weighted by Gasteiger charge is 2.13. The number of amidine groups is 1. The lowest BCUT2D eigenvalue weighted by atomic mass is 10.1. The molecular weight excluding hydrogens is 170 g/mol. The fraction of sp³-hybridized carbons (Fsp3) is 0. The van der Waals surface area contributed by atoms with E-state index in [0.29, 0.717) is 0 Å². The molecule has 0 aliphatic carbocycles. The second-order valence-corrected chi connectivity index (χ2v) is 2.48. The van der Waals surface area contributed by atoms with Gasteiger partial charge in [-0.15, -0.1) is 0 Å². The summed E-state index contributed by atoms with van der Waals surface area (Å²) in [6.07, 6.45) is 0. The zero-order chi connectivity index (χ0) is 10.0. The Hall–Kier alpha value is -2.04. The van der Waals surface area contributed by atoms with Crippen molar-refractivity contribution in [1.29, 1.82) is 5.41 Å². The maximum atomic E-state index is 10.8. The van der Waals surface area contributed by atoms with Gasteiger partial charge in [0.25, 0.3) is 0 Å². The Labute approximate surface area is 74.5 Å². The van der Waals surface area contributed by atoms with Crippen molar-refractivity contribution in [2.45, 2.75) is 0 Å². The number of nitrogen functional groups attached to an aromatic ring is 1. The van der Waals surface area contributed by atoms with Crippen LogP contribution in [-0.4, -0.2) is 16.8 Å². The van der Waals surface area contributed by atoms with Gasteiger partial charge < -0.3 is 16.6 Å². The minimum atomic E-state index is -0.721. The van der Waals surface area contributed by atoms with Crippen molar-refractivity contribution in [3.63, 3.8) is 0 Å². The van der Waals surface area contributed by atoms with Crippen LogP contribution in [0.15, 0.2) is 18.2 Å². The molecule has 68 valence electrons. The van der Waals surface area contributed by atoms with Gasteiger partial charge in [0.1, 0.15) is 11.6 Å². The molecule has 0 atom stereocenters. The Kier molecular flexibility index (Phi) is 2.19. The monoisotopic (exact) mass is 179 g/mol. The molecule has 5 heteroatoms. The van der Waals surface area contributed by atoms with Crippen molar-refractivity contribution < 1.29 is 9.90 Å². The number of rotatable bonds is 2. The standard InChI is InChI=1S/C8H9N3O2/c9-7(10)6-4(8(11)13)2-1-3-5(6)12/h1-3,12H,(H3,9,10)(H2,11,13). The highest BCUT2D eigenvalue weighted by Crippen LogP contribution is 2.19. The van der Waals surface area contributed by atoms with E-state index in [1.54, 1.807) is 0 Å². The largest absolute Gasteiger partial charge is 0.507 e. The predicted octanol–water partition coefficient (Wildman–Crippen LogP) is -0.225. The van der Waals surface area contributed by atoms with Crippen LogP contribution >= 0.6 is 0 Å². The molecule has 0 radical (unpaired) electrons. The van der Waals surface area contributed by atoms with Gasteiger partial charge in [0.15, 0.2) is 0 Å². The molecule has 0 saturated carbocycles. The van der Waals surface area contributed by atoms with Crippen molar-refractivity contribution in [3.8, 4) is 5.75 Å². The number of primary amides is 1. The first kappa shape index (κ1) is 9.05. The van der Waals surface area contributed by atoms with E-state index < -0.39 is 5.91 Å². The van der Waals surface area contributed by atoms with Crippen molar-refractivity contribution in [2.75, 3.05) is 0 Å². The number of hydrogen-bond acceptors (Lipinski definition) is 3. The van der Waals surface area contributed by atoms with Crippen LogP contribution in [0, 0.1) is 5.41 Å². The minimum Gasteiger partial charge on any atom is -0.507 e. The zero-order valence-electron chi connectivity index (χ0n) is 6.74. The van der Waals surface area contributed by atoms with E-state index in [-0.39, 0.29) is 22.7 Å². The molecule has 1 aromatic rings. The van der Waals surface area contributed by atoms with Crippen molar-refractivity contribution in [3.05, 3.63) is 29.3 Å². The Morgan fingerprint density at radius 3 is 2.38 bits per heavy atom. The number of phenolic OH excluding ortho intramolecular Hbond substituents is 1. The first-order valence-electron chi connectivity index (χ1n) is 3.50. The molecule has 0 spiro atoms. The summed E-state index contributed by atoms with van der Waals surface area (Å²) in [7, 11) is 0. The van der Waals surface area contributed by atoms with Crippen molar-refractivity contribution in [1.82, 2.24) is 0 Å². The molecule has 13 heavy (non-hydrogen) atoms. The molecular formula is C8H9N3O2. The maximum absolute atomic E-state index is 10.8. The Morgan fingerprint density at radius 1 is 1.38 bits per heavy atom. The van der Waals surface area contributed by atoms with E-state index in [1.807, 2.05) is 0 Å². The predicted molar refractivity (Wildman–Crippen MR) is 47.6 cm³/mol. The number of nitrogens with two attached hydrogens (primary N) is 2. The molecule has 5 nitrogen and oxygen atoms in total. The molecule has 0 aliphatic rings. The Morgan fingerprint density at radius 2 is 2.00 bits per heavy atom. The summed E-state index contributed by atoms with van der Waals surface area (Å²) in [5, 5.41) is 16.4. The summed E-state index contributed by atoms with van der Waals surface area (Å²) in [5.41, 5.74) is 10.2. The molecule has 1 rings (SSSR count). The van der Waals surface area contributed by atoms with Crippen LogP contribution in [0.4, 0.5) is 0 Å². The van der Waals surface area contributed by atoms with Crippen LogP contribution in [0.1, 0.15) is 15.9 Å². The summed E-state index contributed by atoms with van der Waals surface area (Å²) >= 11 is 0. The Bertz CT molecular complexity index is 374. The van der Waals surface area contributed by atoms with Gasteiger partial charge in [-0.05, 0) is 12.1 Å². The smallest absolute Gasteiger partial charge is 0.249 e. The van der Waals surface area contributed by atoms with Gasteiger partial charge in [0.05, 0.1) is 11.1 Å². The molecule has 0 saturated heterocycles. The van der Waals surface area contributed by atoms with Crippen LogP contribution in [0.2, 0.25) is 0 Å². The average Bonchev–Trinajstić information content (AvgIpc) is 2.02. The summed E-state index contributed by atoms with van der Waals surface area (Å²) in [4.78, 5) is 10.8. The number of carbonyl (C=O) groups excluding carboxylic acids is 1. The third kappa shape index (κ3) is 1.58. The quantitative estimate of drug-likeness (QED) is 0.371. The first-order chi connectivity index (χ1) is 6.04. The minimum absolute atomic E-state index is 0.0185. The van der Waals surface area contributed by atoms with E-state index in [4.69, 9.17) is 16.9 Å². The molecule has 0 heterocycles. The third-order valence-corrected chi connectivity index (χ3v) is 1.58. The normalized spacial score (nSPS) is 9.54. The van der Waals surface area contributed by atoms with Gasteiger partial charge in [0.2, 0.25) is 5.91 Å². The number of benzene rings is 1. The summed E-state index contributed by atoms with van der Waals surface area (Å²) in [6.45, 7) is 0. The van der Waals surface area contributed by atoms with Gasteiger partial charge in [-0.3, -0.25) is 10.2 Å². The molecule has 0 aromatic heterocycles.